The highest BCUT2D eigenvalue weighted by molar-refractivity contribution is 5.95. The summed E-state index contributed by atoms with van der Waals surface area (Å²) in [6.07, 6.45) is 1.29. The number of rotatable bonds is 3. The van der Waals surface area contributed by atoms with Crippen LogP contribution < -0.4 is 9.47 Å². The normalized spacial score (nSPS) is 23.2. The molecular formula is C18H23NO5. The van der Waals surface area contributed by atoms with Gasteiger partial charge in [-0.25, -0.2) is 0 Å². The molecule has 1 unspecified atom stereocenters. The number of nitrogens with zero attached hydrogens (tertiary/aromatic N) is 1. The van der Waals surface area contributed by atoms with E-state index in [9.17, 15) is 14.7 Å². The van der Waals surface area contributed by atoms with Crippen LogP contribution in [0.1, 0.15) is 37.0 Å². The Morgan fingerprint density at radius 2 is 1.92 bits per heavy atom. The summed E-state index contributed by atoms with van der Waals surface area (Å²) >= 11 is 0. The molecule has 1 atom stereocenters. The second-order valence-corrected chi connectivity index (χ2v) is 6.80. The van der Waals surface area contributed by atoms with Crippen LogP contribution >= 0.6 is 0 Å². The Labute approximate surface area is 141 Å². The average molecular weight is 333 g/mol. The Bertz CT molecular complexity index is 657. The number of hydrogen-bond acceptors (Lipinski definition) is 4. The first kappa shape index (κ1) is 16.6. The van der Waals surface area contributed by atoms with Gasteiger partial charge < -0.3 is 19.5 Å². The van der Waals surface area contributed by atoms with Crippen LogP contribution in [0.3, 0.4) is 0 Å². The number of aliphatic carboxylic acids is 1. The molecule has 0 bridgehead atoms. The van der Waals surface area contributed by atoms with E-state index in [1.807, 2.05) is 13.8 Å². The fraction of sp³-hybridized carbons (Fsp3) is 0.556. The summed E-state index contributed by atoms with van der Waals surface area (Å²) in [6, 6.07) is 5.15. The Kier molecular flexibility index (Phi) is 4.39. The largest absolute Gasteiger partial charge is 0.490 e. The van der Waals surface area contributed by atoms with Crippen molar-refractivity contribution in [1.82, 2.24) is 4.90 Å². The van der Waals surface area contributed by atoms with Gasteiger partial charge in [0.2, 0.25) is 0 Å². The van der Waals surface area contributed by atoms with Crippen molar-refractivity contribution < 1.29 is 24.2 Å². The molecular weight excluding hydrogens is 310 g/mol. The van der Waals surface area contributed by atoms with E-state index < -0.39 is 11.4 Å². The maximum Gasteiger partial charge on any atom is 0.311 e. The van der Waals surface area contributed by atoms with Gasteiger partial charge >= 0.3 is 5.97 Å². The van der Waals surface area contributed by atoms with Gasteiger partial charge in [-0.3, -0.25) is 9.59 Å². The first-order chi connectivity index (χ1) is 11.4. The van der Waals surface area contributed by atoms with Crippen molar-refractivity contribution in [2.24, 2.45) is 11.3 Å². The Morgan fingerprint density at radius 3 is 2.54 bits per heavy atom. The number of benzene rings is 1. The monoisotopic (exact) mass is 333 g/mol. The molecule has 1 N–H and O–H groups in total. The second-order valence-electron chi connectivity index (χ2n) is 6.80. The van der Waals surface area contributed by atoms with Crippen LogP contribution in [0.2, 0.25) is 0 Å². The zero-order valence-corrected chi connectivity index (χ0v) is 14.1. The smallest absolute Gasteiger partial charge is 0.311 e. The molecule has 0 aromatic heterocycles. The van der Waals surface area contributed by atoms with Crippen molar-refractivity contribution in [3.8, 4) is 11.5 Å². The van der Waals surface area contributed by atoms with Gasteiger partial charge in [-0.2, -0.15) is 0 Å². The van der Waals surface area contributed by atoms with Crippen LogP contribution in [0.5, 0.6) is 11.5 Å². The quantitative estimate of drug-likeness (QED) is 0.919. The lowest BCUT2D eigenvalue weighted by Gasteiger charge is -2.28. The first-order valence-electron chi connectivity index (χ1n) is 8.36. The zero-order chi connectivity index (χ0) is 17.3. The molecule has 24 heavy (non-hydrogen) atoms. The summed E-state index contributed by atoms with van der Waals surface area (Å²) in [5.41, 5.74) is -0.356. The Morgan fingerprint density at radius 1 is 1.21 bits per heavy atom. The topological polar surface area (TPSA) is 76.1 Å². The number of carboxylic acid groups (broad SMARTS) is 1. The maximum atomic E-state index is 12.8. The third kappa shape index (κ3) is 2.81. The number of carbonyl (C=O) groups excluding carboxylic acids is 1. The number of ether oxygens (including phenoxy) is 2. The van der Waals surface area contributed by atoms with Crippen LogP contribution in [-0.2, 0) is 4.79 Å². The minimum Gasteiger partial charge on any atom is -0.490 e. The minimum absolute atomic E-state index is 0.0309. The minimum atomic E-state index is -0.860. The molecule has 0 aliphatic carbocycles. The van der Waals surface area contributed by atoms with E-state index in [0.717, 1.165) is 6.42 Å². The van der Waals surface area contributed by atoms with E-state index in [4.69, 9.17) is 9.47 Å². The average Bonchev–Trinajstić information content (AvgIpc) is 2.89. The maximum absolute atomic E-state index is 12.8. The number of hydrogen-bond donors (Lipinski definition) is 1. The Hall–Kier alpha value is -2.24. The molecule has 1 amide bonds. The lowest BCUT2D eigenvalue weighted by atomic mass is 9.76. The van der Waals surface area contributed by atoms with Gasteiger partial charge in [0.05, 0.1) is 18.6 Å². The Balaban J connectivity index is 1.80. The number of carbonyl (C=O) groups is 2. The van der Waals surface area contributed by atoms with Crippen molar-refractivity contribution in [2.75, 3.05) is 26.3 Å². The van der Waals surface area contributed by atoms with Gasteiger partial charge in [0, 0.05) is 25.1 Å². The van der Waals surface area contributed by atoms with Crippen LogP contribution in [0, 0.1) is 11.3 Å². The molecule has 2 heterocycles. The van der Waals surface area contributed by atoms with Crippen LogP contribution in [0.15, 0.2) is 18.2 Å². The number of fused-ring (bicyclic) bond motifs is 1. The molecule has 6 nitrogen and oxygen atoms in total. The predicted molar refractivity (Wildman–Crippen MR) is 87.5 cm³/mol. The highest BCUT2D eigenvalue weighted by Gasteiger charge is 2.48. The fourth-order valence-corrected chi connectivity index (χ4v) is 3.38. The van der Waals surface area contributed by atoms with E-state index in [1.54, 1.807) is 23.1 Å². The van der Waals surface area contributed by atoms with Gasteiger partial charge in [-0.05, 0) is 30.5 Å². The molecule has 0 saturated carbocycles. The van der Waals surface area contributed by atoms with Crippen LogP contribution in [0.25, 0.3) is 0 Å². The SMILES string of the molecule is CC(C)C1(C(=O)O)CCN(C(=O)c2ccc3c(c2)OCCCO3)C1. The summed E-state index contributed by atoms with van der Waals surface area (Å²) in [5.74, 6) is 0.205. The van der Waals surface area contributed by atoms with Crippen molar-refractivity contribution in [3.05, 3.63) is 23.8 Å². The molecule has 1 saturated heterocycles. The molecule has 3 rings (SSSR count). The first-order valence-corrected chi connectivity index (χ1v) is 8.36. The van der Waals surface area contributed by atoms with E-state index in [2.05, 4.69) is 0 Å². The molecule has 1 aromatic carbocycles. The second kappa shape index (κ2) is 6.34. The van der Waals surface area contributed by atoms with Crippen molar-refractivity contribution in [3.63, 3.8) is 0 Å². The number of carboxylic acids is 1. The zero-order valence-electron chi connectivity index (χ0n) is 14.1. The molecule has 0 radical (unpaired) electrons. The van der Waals surface area contributed by atoms with Gasteiger partial charge in [0.25, 0.3) is 5.91 Å². The fourth-order valence-electron chi connectivity index (χ4n) is 3.38. The molecule has 130 valence electrons. The van der Waals surface area contributed by atoms with E-state index in [1.165, 1.54) is 0 Å². The van der Waals surface area contributed by atoms with Gasteiger partial charge in [-0.15, -0.1) is 0 Å². The van der Waals surface area contributed by atoms with Crippen molar-refractivity contribution in [1.29, 1.82) is 0 Å². The van der Waals surface area contributed by atoms with E-state index in [0.29, 0.717) is 43.2 Å². The third-order valence-corrected chi connectivity index (χ3v) is 5.11. The predicted octanol–water partition coefficient (Wildman–Crippen LogP) is 2.42. The third-order valence-electron chi connectivity index (χ3n) is 5.11. The highest BCUT2D eigenvalue weighted by Crippen LogP contribution is 2.39. The van der Waals surface area contributed by atoms with Crippen molar-refractivity contribution >= 4 is 11.9 Å². The summed E-state index contributed by atoms with van der Waals surface area (Å²) < 4.78 is 11.2. The van der Waals surface area contributed by atoms with E-state index in [-0.39, 0.29) is 18.4 Å². The molecule has 0 spiro atoms. The lowest BCUT2D eigenvalue weighted by molar-refractivity contribution is -0.150. The molecule has 2 aliphatic heterocycles. The van der Waals surface area contributed by atoms with Gasteiger partial charge in [-0.1, -0.05) is 13.8 Å². The summed E-state index contributed by atoms with van der Waals surface area (Å²) in [5, 5.41) is 9.62. The van der Waals surface area contributed by atoms with E-state index >= 15 is 0 Å². The van der Waals surface area contributed by atoms with Crippen LogP contribution in [0.4, 0.5) is 0 Å². The summed E-state index contributed by atoms with van der Waals surface area (Å²) in [4.78, 5) is 26.1. The number of likely N-dealkylation sites (tertiary alicyclic amines) is 1. The molecule has 1 fully saturated rings. The molecule has 2 aliphatic rings. The van der Waals surface area contributed by atoms with Gasteiger partial charge in [0.1, 0.15) is 0 Å². The number of amides is 1. The summed E-state index contributed by atoms with van der Waals surface area (Å²) in [6.45, 7) is 5.65. The standard InChI is InChI=1S/C18H23NO5/c1-12(2)18(17(21)22)6-7-19(11-18)16(20)13-4-5-14-15(10-13)24-9-3-8-23-14/h4-5,10,12H,3,6-9,11H2,1-2H3,(H,21,22). The van der Waals surface area contributed by atoms with Crippen molar-refractivity contribution in [2.45, 2.75) is 26.7 Å². The molecule has 1 aromatic rings. The van der Waals surface area contributed by atoms with Gasteiger partial charge in [0.15, 0.2) is 11.5 Å². The highest BCUT2D eigenvalue weighted by atomic mass is 16.5. The molecule has 6 heteroatoms. The summed E-state index contributed by atoms with van der Waals surface area (Å²) in [7, 11) is 0. The lowest BCUT2D eigenvalue weighted by Crippen LogP contribution is -2.40. The van der Waals surface area contributed by atoms with Crippen LogP contribution in [-0.4, -0.2) is 48.2 Å².